The molecule has 10 heteroatoms. The minimum Gasteiger partial charge on any atom is -0.478 e. The van der Waals surface area contributed by atoms with Crippen LogP contribution in [0, 0.1) is 20.8 Å². The molecule has 0 radical (unpaired) electrons. The minimum atomic E-state index is -1.17. The van der Waals surface area contributed by atoms with Crippen molar-refractivity contribution in [2.45, 2.75) is 20.8 Å². The van der Waals surface area contributed by atoms with Crippen LogP contribution in [0.25, 0.3) is 17.4 Å². The second kappa shape index (κ2) is 10.0. The third-order valence-electron chi connectivity index (χ3n) is 5.50. The van der Waals surface area contributed by atoms with Crippen LogP contribution in [0.5, 0.6) is 0 Å². The lowest BCUT2D eigenvalue weighted by Crippen LogP contribution is -2.36. The average Bonchev–Trinajstić information content (AvgIpc) is 3.36. The lowest BCUT2D eigenvalue weighted by atomic mass is 10.1. The first-order chi connectivity index (χ1) is 17.0. The summed E-state index contributed by atoms with van der Waals surface area (Å²) in [5.41, 5.74) is 3.92. The molecule has 0 aliphatic carbocycles. The molecule has 36 heavy (non-hydrogen) atoms. The second-order valence-corrected chi connectivity index (χ2v) is 9.69. The van der Waals surface area contributed by atoms with Crippen molar-refractivity contribution in [1.82, 2.24) is 4.90 Å². The molecule has 0 unspecified atom stereocenters. The second-order valence-electron chi connectivity index (χ2n) is 8.29. The fourth-order valence-corrected chi connectivity index (χ4v) is 4.91. The average molecular weight is 525 g/mol. The highest BCUT2D eigenvalue weighted by molar-refractivity contribution is 8.18. The van der Waals surface area contributed by atoms with E-state index in [0.717, 1.165) is 21.6 Å². The monoisotopic (exact) mass is 524 g/mol. The molecule has 2 N–H and O–H groups in total. The summed E-state index contributed by atoms with van der Waals surface area (Å²) >= 11 is 6.63. The lowest BCUT2D eigenvalue weighted by Gasteiger charge is -2.15. The van der Waals surface area contributed by atoms with Crippen molar-refractivity contribution in [1.29, 1.82) is 0 Å². The fourth-order valence-electron chi connectivity index (χ4n) is 3.89. The lowest BCUT2D eigenvalue weighted by molar-refractivity contribution is -0.127. The Balaban J connectivity index is 1.48. The number of halogens is 1. The van der Waals surface area contributed by atoms with Gasteiger partial charge in [0.25, 0.3) is 11.1 Å². The van der Waals surface area contributed by atoms with Gasteiger partial charge in [0.1, 0.15) is 18.1 Å². The van der Waals surface area contributed by atoms with Crippen LogP contribution in [0.3, 0.4) is 0 Å². The van der Waals surface area contributed by atoms with Gasteiger partial charge in [-0.25, -0.2) is 4.79 Å². The highest BCUT2D eigenvalue weighted by atomic mass is 35.5. The van der Waals surface area contributed by atoms with E-state index in [1.54, 1.807) is 18.2 Å². The number of hydrogen-bond acceptors (Lipinski definition) is 6. The highest BCUT2D eigenvalue weighted by Gasteiger charge is 2.36. The molecule has 3 amide bonds. The Hall–Kier alpha value is -3.82. The zero-order chi connectivity index (χ0) is 26.1. The van der Waals surface area contributed by atoms with E-state index in [1.807, 2.05) is 32.9 Å². The zero-order valence-corrected chi connectivity index (χ0v) is 21.1. The van der Waals surface area contributed by atoms with E-state index >= 15 is 0 Å². The van der Waals surface area contributed by atoms with Crippen molar-refractivity contribution in [2.24, 2.45) is 0 Å². The number of imide groups is 1. The van der Waals surface area contributed by atoms with Crippen LogP contribution in [0.2, 0.25) is 5.02 Å². The van der Waals surface area contributed by atoms with Crippen LogP contribution < -0.4 is 5.32 Å². The number of carboxylic acids is 1. The van der Waals surface area contributed by atoms with Crippen LogP contribution in [-0.2, 0) is 9.59 Å². The van der Waals surface area contributed by atoms with Crippen LogP contribution in [-0.4, -0.2) is 39.6 Å². The topological polar surface area (TPSA) is 117 Å². The molecule has 1 aliphatic heterocycles. The Bertz CT molecular complexity index is 1440. The number of anilines is 1. The number of nitrogens with one attached hydrogen (secondary N) is 1. The molecule has 2 heterocycles. The third-order valence-corrected chi connectivity index (χ3v) is 6.74. The Morgan fingerprint density at radius 3 is 2.44 bits per heavy atom. The number of carboxylic acid groups (broad SMARTS) is 1. The van der Waals surface area contributed by atoms with Gasteiger partial charge in [0.2, 0.25) is 5.91 Å². The molecule has 1 aromatic heterocycles. The van der Waals surface area contributed by atoms with E-state index in [4.69, 9.17) is 16.0 Å². The maximum absolute atomic E-state index is 12.8. The van der Waals surface area contributed by atoms with Gasteiger partial charge in [-0.1, -0.05) is 29.3 Å². The predicted molar refractivity (Wildman–Crippen MR) is 138 cm³/mol. The van der Waals surface area contributed by atoms with E-state index in [0.29, 0.717) is 28.8 Å². The quantitative estimate of drug-likeness (QED) is 0.385. The van der Waals surface area contributed by atoms with Gasteiger partial charge in [-0.05, 0) is 74.0 Å². The van der Waals surface area contributed by atoms with E-state index in [9.17, 15) is 24.3 Å². The molecule has 1 saturated heterocycles. The van der Waals surface area contributed by atoms with E-state index < -0.39 is 29.6 Å². The Labute approximate surface area is 215 Å². The molecule has 0 atom stereocenters. The number of amides is 3. The molecule has 1 fully saturated rings. The molecule has 8 nitrogen and oxygen atoms in total. The summed E-state index contributed by atoms with van der Waals surface area (Å²) in [5.74, 6) is -1.60. The van der Waals surface area contributed by atoms with Gasteiger partial charge >= 0.3 is 5.97 Å². The molecule has 2 aromatic carbocycles. The van der Waals surface area contributed by atoms with Gasteiger partial charge in [0.15, 0.2) is 0 Å². The third kappa shape index (κ3) is 5.22. The standard InChI is InChI=1S/C26H21ClN2O6S/c1-13-8-14(2)23(15(3)9-13)28-22(30)12-29-24(31)21(36-26(29)34)11-17-5-7-20(35-17)16-4-6-19(27)18(10-16)25(32)33/h4-11H,12H2,1-3H3,(H,28,30)(H,32,33)/b21-11+. The van der Waals surface area contributed by atoms with Gasteiger partial charge in [-0.2, -0.15) is 0 Å². The van der Waals surface area contributed by atoms with Gasteiger partial charge in [-0.3, -0.25) is 19.3 Å². The summed E-state index contributed by atoms with van der Waals surface area (Å²) in [7, 11) is 0. The first kappa shape index (κ1) is 25.3. The normalized spacial score (nSPS) is 14.6. The summed E-state index contributed by atoms with van der Waals surface area (Å²) in [6, 6.07) is 11.5. The molecule has 0 spiro atoms. The number of carbonyl (C=O) groups excluding carboxylic acids is 3. The van der Waals surface area contributed by atoms with Crippen LogP contribution >= 0.6 is 23.4 Å². The summed E-state index contributed by atoms with van der Waals surface area (Å²) in [5, 5.41) is 11.6. The Kier molecular flexibility index (Phi) is 7.05. The molecular formula is C26H21ClN2O6S. The fraction of sp³-hybridized carbons (Fsp3) is 0.154. The van der Waals surface area contributed by atoms with Crippen molar-refractivity contribution >= 4 is 58.1 Å². The number of aryl methyl sites for hydroxylation is 3. The number of benzene rings is 2. The van der Waals surface area contributed by atoms with Crippen molar-refractivity contribution in [3.63, 3.8) is 0 Å². The number of furan rings is 1. The Morgan fingerprint density at radius 1 is 1.08 bits per heavy atom. The van der Waals surface area contributed by atoms with Crippen molar-refractivity contribution in [2.75, 3.05) is 11.9 Å². The van der Waals surface area contributed by atoms with Crippen LogP contribution in [0.15, 0.2) is 51.8 Å². The van der Waals surface area contributed by atoms with Crippen molar-refractivity contribution < 1.29 is 28.7 Å². The zero-order valence-electron chi connectivity index (χ0n) is 19.5. The first-order valence-electron chi connectivity index (χ1n) is 10.8. The van der Waals surface area contributed by atoms with E-state index in [-0.39, 0.29) is 21.3 Å². The molecule has 0 saturated carbocycles. The molecule has 3 aromatic rings. The highest BCUT2D eigenvalue weighted by Crippen LogP contribution is 2.34. The maximum Gasteiger partial charge on any atom is 0.337 e. The van der Waals surface area contributed by atoms with E-state index in [2.05, 4.69) is 5.32 Å². The molecule has 4 rings (SSSR count). The largest absolute Gasteiger partial charge is 0.478 e. The number of rotatable bonds is 6. The Morgan fingerprint density at radius 2 is 1.78 bits per heavy atom. The van der Waals surface area contributed by atoms with Gasteiger partial charge in [-0.15, -0.1) is 0 Å². The maximum atomic E-state index is 12.8. The summed E-state index contributed by atoms with van der Waals surface area (Å²) in [6.07, 6.45) is 1.41. The smallest absolute Gasteiger partial charge is 0.337 e. The molecule has 0 bridgehead atoms. The van der Waals surface area contributed by atoms with Crippen LogP contribution in [0.4, 0.5) is 10.5 Å². The molecule has 184 valence electrons. The molecule has 1 aliphatic rings. The number of hydrogen-bond donors (Lipinski definition) is 2. The number of nitrogens with zero attached hydrogens (tertiary/aromatic N) is 1. The SMILES string of the molecule is Cc1cc(C)c(NC(=O)CN2C(=O)S/C(=C/c3ccc(-c4ccc(Cl)c(C(=O)O)c4)o3)C2=O)c(C)c1. The van der Waals surface area contributed by atoms with Crippen molar-refractivity contribution in [3.8, 4) is 11.3 Å². The summed E-state index contributed by atoms with van der Waals surface area (Å²) in [6.45, 7) is 5.30. The van der Waals surface area contributed by atoms with Gasteiger partial charge < -0.3 is 14.8 Å². The summed E-state index contributed by atoms with van der Waals surface area (Å²) < 4.78 is 5.73. The summed E-state index contributed by atoms with van der Waals surface area (Å²) in [4.78, 5) is 50.2. The minimum absolute atomic E-state index is 0.0671. The number of carbonyl (C=O) groups is 4. The van der Waals surface area contributed by atoms with Gasteiger partial charge in [0.05, 0.1) is 15.5 Å². The number of aromatic carboxylic acids is 1. The number of thioether (sulfide) groups is 1. The van der Waals surface area contributed by atoms with Crippen molar-refractivity contribution in [3.05, 3.63) is 80.4 Å². The first-order valence-corrected chi connectivity index (χ1v) is 12.0. The predicted octanol–water partition coefficient (Wildman–Crippen LogP) is 5.90. The van der Waals surface area contributed by atoms with Crippen LogP contribution in [0.1, 0.15) is 32.8 Å². The van der Waals surface area contributed by atoms with Gasteiger partial charge in [0, 0.05) is 17.3 Å². The van der Waals surface area contributed by atoms with E-state index in [1.165, 1.54) is 18.2 Å². The molecular weight excluding hydrogens is 504 g/mol.